The summed E-state index contributed by atoms with van der Waals surface area (Å²) in [7, 11) is 0. The van der Waals surface area contributed by atoms with E-state index in [1.165, 1.54) is 10.3 Å². The number of halogens is 1. The Balaban J connectivity index is 1.94. The smallest absolute Gasteiger partial charge is 0.155 e. The number of H-pyrrole nitrogens is 2. The predicted octanol–water partition coefficient (Wildman–Crippen LogP) is 5.20. The van der Waals surface area contributed by atoms with Gasteiger partial charge in [0.05, 0.1) is 16.7 Å². The van der Waals surface area contributed by atoms with Gasteiger partial charge in [-0.15, -0.1) is 11.8 Å². The highest BCUT2D eigenvalue weighted by atomic mass is 79.9. The largest absolute Gasteiger partial charge is 0.358 e. The van der Waals surface area contributed by atoms with E-state index in [-0.39, 0.29) is 0 Å². The number of hydrogen-bond donors (Lipinski definition) is 2. The van der Waals surface area contributed by atoms with Crippen LogP contribution in [0.2, 0.25) is 0 Å². The molecule has 104 valence electrons. The van der Waals surface area contributed by atoms with Gasteiger partial charge in [0.2, 0.25) is 0 Å². The first-order valence-electron chi connectivity index (χ1n) is 6.55. The molecule has 0 fully saturated rings. The van der Waals surface area contributed by atoms with Gasteiger partial charge in [0.15, 0.2) is 5.82 Å². The standard InChI is InChI=1S/C16H12BrN3S/c1-21-11-7-14(18-8-11)16-19-13-5-2-9-6-10(17)3-4-12(9)15(13)20-16/h2-8,18H,1H3,(H,19,20). The van der Waals surface area contributed by atoms with Crippen LogP contribution in [0.25, 0.3) is 33.3 Å². The van der Waals surface area contributed by atoms with Gasteiger partial charge in [-0.1, -0.05) is 28.1 Å². The number of aromatic nitrogens is 3. The van der Waals surface area contributed by atoms with Crippen molar-refractivity contribution in [3.05, 3.63) is 47.1 Å². The Bertz CT molecular complexity index is 955. The highest BCUT2D eigenvalue weighted by molar-refractivity contribution is 9.10. The van der Waals surface area contributed by atoms with Crippen molar-refractivity contribution in [2.45, 2.75) is 4.90 Å². The van der Waals surface area contributed by atoms with E-state index < -0.39 is 0 Å². The van der Waals surface area contributed by atoms with Gasteiger partial charge in [-0.2, -0.15) is 0 Å². The molecule has 3 nitrogen and oxygen atoms in total. The molecule has 0 aliphatic rings. The summed E-state index contributed by atoms with van der Waals surface area (Å²) in [5.41, 5.74) is 3.08. The SMILES string of the molecule is CSc1c[nH]c(-c2nc3c(ccc4cc(Br)ccc43)[nH]2)c1. The van der Waals surface area contributed by atoms with Gasteiger partial charge in [-0.05, 0) is 35.9 Å². The fourth-order valence-corrected chi connectivity index (χ4v) is 3.32. The lowest BCUT2D eigenvalue weighted by Gasteiger charge is -1.98. The molecule has 2 N–H and O–H groups in total. The predicted molar refractivity (Wildman–Crippen MR) is 92.9 cm³/mol. The summed E-state index contributed by atoms with van der Waals surface area (Å²) in [5, 5.41) is 2.35. The molecule has 2 heterocycles. The second kappa shape index (κ2) is 4.93. The van der Waals surface area contributed by atoms with Crippen LogP contribution >= 0.6 is 27.7 Å². The maximum atomic E-state index is 4.78. The molecule has 4 rings (SSSR count). The number of hydrogen-bond acceptors (Lipinski definition) is 2. The second-order valence-corrected chi connectivity index (χ2v) is 6.66. The molecule has 0 amide bonds. The zero-order valence-electron chi connectivity index (χ0n) is 11.3. The molecule has 0 bridgehead atoms. The maximum Gasteiger partial charge on any atom is 0.155 e. The Morgan fingerprint density at radius 2 is 2.05 bits per heavy atom. The third kappa shape index (κ3) is 2.17. The second-order valence-electron chi connectivity index (χ2n) is 4.87. The first-order valence-corrected chi connectivity index (χ1v) is 8.57. The first-order chi connectivity index (χ1) is 10.2. The number of fused-ring (bicyclic) bond motifs is 3. The van der Waals surface area contributed by atoms with E-state index in [4.69, 9.17) is 4.98 Å². The van der Waals surface area contributed by atoms with E-state index in [0.29, 0.717) is 0 Å². The molecule has 0 radical (unpaired) electrons. The Kier molecular flexibility index (Phi) is 3.05. The van der Waals surface area contributed by atoms with E-state index in [9.17, 15) is 0 Å². The average Bonchev–Trinajstić information content (AvgIpc) is 3.12. The van der Waals surface area contributed by atoms with Gasteiger partial charge in [-0.25, -0.2) is 4.98 Å². The Morgan fingerprint density at radius 3 is 2.86 bits per heavy atom. The summed E-state index contributed by atoms with van der Waals surface area (Å²) in [4.78, 5) is 12.6. The van der Waals surface area contributed by atoms with E-state index in [1.807, 2.05) is 6.20 Å². The van der Waals surface area contributed by atoms with Gasteiger partial charge in [0.25, 0.3) is 0 Å². The van der Waals surface area contributed by atoms with Gasteiger partial charge < -0.3 is 9.97 Å². The summed E-state index contributed by atoms with van der Waals surface area (Å²) in [6.45, 7) is 0. The number of nitrogens with one attached hydrogen (secondary N) is 2. The van der Waals surface area contributed by atoms with Crippen molar-refractivity contribution in [1.29, 1.82) is 0 Å². The van der Waals surface area contributed by atoms with Crippen LogP contribution in [-0.2, 0) is 0 Å². The van der Waals surface area contributed by atoms with Crippen LogP contribution in [0.3, 0.4) is 0 Å². The number of benzene rings is 2. The fourth-order valence-electron chi connectivity index (χ4n) is 2.53. The summed E-state index contributed by atoms with van der Waals surface area (Å²) in [6.07, 6.45) is 4.07. The lowest BCUT2D eigenvalue weighted by molar-refractivity contribution is 1.27. The lowest BCUT2D eigenvalue weighted by atomic mass is 10.1. The van der Waals surface area contributed by atoms with E-state index in [0.717, 1.165) is 32.4 Å². The highest BCUT2D eigenvalue weighted by Gasteiger charge is 2.10. The van der Waals surface area contributed by atoms with Crippen molar-refractivity contribution in [3.63, 3.8) is 0 Å². The monoisotopic (exact) mass is 357 g/mol. The van der Waals surface area contributed by atoms with Crippen LogP contribution in [0.1, 0.15) is 0 Å². The third-order valence-corrected chi connectivity index (χ3v) is 4.78. The Morgan fingerprint density at radius 1 is 1.14 bits per heavy atom. The summed E-state index contributed by atoms with van der Waals surface area (Å²) in [5.74, 6) is 0.876. The molecule has 4 aromatic rings. The number of nitrogens with zero attached hydrogens (tertiary/aromatic N) is 1. The minimum Gasteiger partial charge on any atom is -0.358 e. The molecule has 0 saturated heterocycles. The molecule has 0 saturated carbocycles. The summed E-state index contributed by atoms with van der Waals surface area (Å²) < 4.78 is 1.08. The maximum absolute atomic E-state index is 4.78. The minimum absolute atomic E-state index is 0.876. The van der Waals surface area contributed by atoms with Crippen LogP contribution in [0.5, 0.6) is 0 Å². The van der Waals surface area contributed by atoms with Crippen molar-refractivity contribution in [2.24, 2.45) is 0 Å². The number of aromatic amines is 2. The van der Waals surface area contributed by atoms with E-state index in [1.54, 1.807) is 11.8 Å². The molecule has 0 aliphatic carbocycles. The van der Waals surface area contributed by atoms with E-state index in [2.05, 4.69) is 68.6 Å². The normalized spacial score (nSPS) is 11.5. The Hall–Kier alpha value is -1.72. The van der Waals surface area contributed by atoms with Crippen molar-refractivity contribution in [2.75, 3.05) is 6.26 Å². The summed E-state index contributed by atoms with van der Waals surface area (Å²) in [6, 6.07) is 12.6. The van der Waals surface area contributed by atoms with Crippen LogP contribution in [0, 0.1) is 0 Å². The number of imidazole rings is 1. The van der Waals surface area contributed by atoms with Gasteiger partial charge >= 0.3 is 0 Å². The van der Waals surface area contributed by atoms with Crippen molar-refractivity contribution in [3.8, 4) is 11.5 Å². The molecular weight excluding hydrogens is 346 g/mol. The lowest BCUT2D eigenvalue weighted by Crippen LogP contribution is -1.78. The van der Waals surface area contributed by atoms with Crippen LogP contribution in [-0.4, -0.2) is 21.2 Å². The molecule has 0 atom stereocenters. The molecule has 0 unspecified atom stereocenters. The zero-order valence-corrected chi connectivity index (χ0v) is 13.7. The minimum atomic E-state index is 0.876. The van der Waals surface area contributed by atoms with Crippen LogP contribution in [0.15, 0.2) is 52.0 Å². The molecule has 5 heteroatoms. The first kappa shape index (κ1) is 13.0. The van der Waals surface area contributed by atoms with Crippen molar-refractivity contribution < 1.29 is 0 Å². The van der Waals surface area contributed by atoms with E-state index >= 15 is 0 Å². The zero-order chi connectivity index (χ0) is 14.4. The highest BCUT2D eigenvalue weighted by Crippen LogP contribution is 2.29. The van der Waals surface area contributed by atoms with Gasteiger partial charge in [-0.3, -0.25) is 0 Å². The topological polar surface area (TPSA) is 44.5 Å². The number of thioether (sulfide) groups is 1. The molecule has 2 aromatic heterocycles. The van der Waals surface area contributed by atoms with Crippen LogP contribution < -0.4 is 0 Å². The third-order valence-electron chi connectivity index (χ3n) is 3.58. The number of rotatable bonds is 2. The van der Waals surface area contributed by atoms with Crippen molar-refractivity contribution in [1.82, 2.24) is 15.0 Å². The summed E-state index contributed by atoms with van der Waals surface area (Å²) >= 11 is 5.23. The molecular formula is C16H12BrN3S. The average molecular weight is 358 g/mol. The van der Waals surface area contributed by atoms with Crippen LogP contribution in [0.4, 0.5) is 0 Å². The molecule has 0 spiro atoms. The molecule has 21 heavy (non-hydrogen) atoms. The molecule has 0 aliphatic heterocycles. The fraction of sp³-hybridized carbons (Fsp3) is 0.0625. The molecule has 2 aromatic carbocycles. The quantitative estimate of drug-likeness (QED) is 0.484. The Labute approximate surface area is 134 Å². The van der Waals surface area contributed by atoms with Crippen molar-refractivity contribution >= 4 is 49.5 Å². The van der Waals surface area contributed by atoms with Gasteiger partial charge in [0, 0.05) is 21.0 Å². The van der Waals surface area contributed by atoms with Gasteiger partial charge in [0.1, 0.15) is 0 Å².